The average molecular weight is 404 g/mol. The van der Waals surface area contributed by atoms with Crippen LogP contribution in [-0.4, -0.2) is 21.8 Å². The van der Waals surface area contributed by atoms with Crippen LogP contribution < -0.4 is 4.90 Å². The summed E-state index contributed by atoms with van der Waals surface area (Å²) in [4.78, 5) is 31.6. The lowest BCUT2D eigenvalue weighted by molar-refractivity contribution is -0.132. The van der Waals surface area contributed by atoms with Gasteiger partial charge in [0.15, 0.2) is 5.13 Å². The molecular weight excluding hydrogens is 384 g/mol. The lowest BCUT2D eigenvalue weighted by Gasteiger charge is -2.23. The van der Waals surface area contributed by atoms with Gasteiger partial charge in [-0.15, -0.1) is 11.3 Å². The monoisotopic (exact) mass is 404 g/mol. The largest absolute Gasteiger partial charge is 0.507 e. The van der Waals surface area contributed by atoms with E-state index in [1.54, 1.807) is 11.6 Å². The minimum absolute atomic E-state index is 0.0859. The Balaban J connectivity index is 1.97. The quantitative estimate of drug-likeness (QED) is 0.390. The highest BCUT2D eigenvalue weighted by Gasteiger charge is 2.48. The Hall–Kier alpha value is -3.25. The number of amides is 1. The molecule has 29 heavy (non-hydrogen) atoms. The van der Waals surface area contributed by atoms with Crippen molar-refractivity contribution in [3.05, 3.63) is 87.4 Å². The number of rotatable bonds is 3. The van der Waals surface area contributed by atoms with Gasteiger partial charge in [0.05, 0.1) is 11.6 Å². The topological polar surface area (TPSA) is 70.5 Å². The van der Waals surface area contributed by atoms with Crippen LogP contribution in [0.1, 0.15) is 33.9 Å². The van der Waals surface area contributed by atoms with Gasteiger partial charge in [-0.25, -0.2) is 4.98 Å². The molecule has 0 radical (unpaired) electrons. The minimum atomic E-state index is -0.735. The number of ketones is 1. The number of aryl methyl sites for hydroxylation is 3. The molecule has 1 unspecified atom stereocenters. The maximum Gasteiger partial charge on any atom is 0.301 e. The van der Waals surface area contributed by atoms with Crippen LogP contribution in [0.4, 0.5) is 5.13 Å². The first-order valence-corrected chi connectivity index (χ1v) is 10.1. The fourth-order valence-corrected chi connectivity index (χ4v) is 4.23. The van der Waals surface area contributed by atoms with Gasteiger partial charge < -0.3 is 5.11 Å². The summed E-state index contributed by atoms with van der Waals surface area (Å²) in [5, 5.41) is 13.4. The number of aromatic nitrogens is 1. The predicted molar refractivity (Wildman–Crippen MR) is 114 cm³/mol. The Bertz CT molecular complexity index is 1130. The highest BCUT2D eigenvalue weighted by Crippen LogP contribution is 2.43. The fraction of sp³-hybridized carbons (Fsp3) is 0.174. The first-order valence-electron chi connectivity index (χ1n) is 9.23. The molecule has 6 heteroatoms. The summed E-state index contributed by atoms with van der Waals surface area (Å²) in [6, 6.07) is 12.5. The summed E-state index contributed by atoms with van der Waals surface area (Å²) in [6.45, 7) is 5.76. The average Bonchev–Trinajstić information content (AvgIpc) is 3.31. The zero-order valence-corrected chi connectivity index (χ0v) is 17.2. The van der Waals surface area contributed by atoms with Crippen molar-refractivity contribution in [2.45, 2.75) is 26.8 Å². The molecule has 1 aromatic heterocycles. The van der Waals surface area contributed by atoms with Crippen LogP contribution in [-0.2, 0) is 9.59 Å². The van der Waals surface area contributed by atoms with Gasteiger partial charge in [0.2, 0.25) is 0 Å². The first-order chi connectivity index (χ1) is 13.9. The van der Waals surface area contributed by atoms with E-state index in [1.165, 1.54) is 16.2 Å². The van der Waals surface area contributed by atoms with Crippen LogP contribution in [0.3, 0.4) is 0 Å². The summed E-state index contributed by atoms with van der Waals surface area (Å²) in [6.07, 6.45) is 1.59. The van der Waals surface area contributed by atoms with E-state index in [-0.39, 0.29) is 11.3 Å². The molecule has 4 rings (SSSR count). The van der Waals surface area contributed by atoms with Crippen molar-refractivity contribution in [2.24, 2.45) is 0 Å². The molecule has 3 aromatic rings. The SMILES string of the molecule is Cc1ccc(C2C(=C(O)c3cc(C)ccc3C)C(=O)C(=O)N2c2nccs2)cc1. The molecule has 5 nitrogen and oxygen atoms in total. The van der Waals surface area contributed by atoms with E-state index in [4.69, 9.17) is 0 Å². The lowest BCUT2D eigenvalue weighted by atomic mass is 9.93. The van der Waals surface area contributed by atoms with Gasteiger partial charge in [0.1, 0.15) is 5.76 Å². The molecule has 0 bridgehead atoms. The number of thiazole rings is 1. The molecule has 0 saturated carbocycles. The van der Waals surface area contributed by atoms with E-state index in [0.717, 1.165) is 22.3 Å². The second kappa shape index (κ2) is 7.29. The van der Waals surface area contributed by atoms with E-state index in [0.29, 0.717) is 10.7 Å². The smallest absolute Gasteiger partial charge is 0.301 e. The summed E-state index contributed by atoms with van der Waals surface area (Å²) in [5.74, 6) is -1.55. The van der Waals surface area contributed by atoms with Crippen molar-refractivity contribution in [1.29, 1.82) is 0 Å². The van der Waals surface area contributed by atoms with Gasteiger partial charge in [-0.3, -0.25) is 14.5 Å². The normalized spacial score (nSPS) is 18.4. The third-order valence-corrected chi connectivity index (χ3v) is 5.88. The molecule has 1 saturated heterocycles. The van der Waals surface area contributed by atoms with Gasteiger partial charge in [-0.1, -0.05) is 47.5 Å². The van der Waals surface area contributed by atoms with E-state index >= 15 is 0 Å². The fourth-order valence-electron chi connectivity index (χ4n) is 3.56. The number of anilines is 1. The number of carbonyl (C=O) groups is 2. The number of hydrogen-bond acceptors (Lipinski definition) is 5. The van der Waals surface area contributed by atoms with Crippen molar-refractivity contribution in [2.75, 3.05) is 4.90 Å². The van der Waals surface area contributed by atoms with E-state index in [1.807, 2.05) is 63.2 Å². The van der Waals surface area contributed by atoms with E-state index < -0.39 is 17.7 Å². The van der Waals surface area contributed by atoms with Gasteiger partial charge in [0, 0.05) is 17.1 Å². The molecule has 1 aliphatic heterocycles. The number of Topliss-reactive ketones (excluding diaryl/α,β-unsaturated/α-hetero) is 1. The summed E-state index contributed by atoms with van der Waals surface area (Å²) < 4.78 is 0. The number of benzene rings is 2. The first kappa shape index (κ1) is 19.1. The van der Waals surface area contributed by atoms with Crippen LogP contribution in [0.15, 0.2) is 59.6 Å². The molecule has 2 heterocycles. The molecule has 1 aliphatic rings. The predicted octanol–water partition coefficient (Wildman–Crippen LogP) is 4.69. The molecule has 1 atom stereocenters. The standard InChI is InChI=1S/C23H20N2O3S/c1-13-5-8-16(9-6-13)19-18(20(26)17-12-14(2)4-7-15(17)3)21(27)22(28)25(19)23-24-10-11-29-23/h4-12,19,26H,1-3H3. The Morgan fingerprint density at radius 2 is 1.72 bits per heavy atom. The molecule has 146 valence electrons. The van der Waals surface area contributed by atoms with Gasteiger partial charge in [-0.05, 0) is 38.0 Å². The summed E-state index contributed by atoms with van der Waals surface area (Å²) in [7, 11) is 0. The van der Waals surface area contributed by atoms with Gasteiger partial charge in [-0.2, -0.15) is 0 Å². The van der Waals surface area contributed by atoms with Crippen LogP contribution in [0, 0.1) is 20.8 Å². The lowest BCUT2D eigenvalue weighted by Crippen LogP contribution is -2.29. The Morgan fingerprint density at radius 3 is 2.38 bits per heavy atom. The maximum absolute atomic E-state index is 13.0. The van der Waals surface area contributed by atoms with Gasteiger partial charge in [0.25, 0.3) is 5.78 Å². The maximum atomic E-state index is 13.0. The molecule has 1 fully saturated rings. The molecule has 0 spiro atoms. The van der Waals surface area contributed by atoms with Crippen LogP contribution in [0.25, 0.3) is 5.76 Å². The highest BCUT2D eigenvalue weighted by atomic mass is 32.1. The molecule has 0 aliphatic carbocycles. The number of aliphatic hydroxyl groups is 1. The molecule has 1 N–H and O–H groups in total. The summed E-state index contributed by atoms with van der Waals surface area (Å²) >= 11 is 1.28. The third kappa shape index (κ3) is 3.25. The molecular formula is C23H20N2O3S. The van der Waals surface area contributed by atoms with Crippen molar-refractivity contribution >= 4 is 33.9 Å². The molecule has 1 amide bonds. The van der Waals surface area contributed by atoms with Crippen LogP contribution in [0.5, 0.6) is 0 Å². The van der Waals surface area contributed by atoms with Gasteiger partial charge >= 0.3 is 5.91 Å². The van der Waals surface area contributed by atoms with Crippen molar-refractivity contribution in [3.8, 4) is 0 Å². The second-order valence-electron chi connectivity index (χ2n) is 7.21. The van der Waals surface area contributed by atoms with Crippen LogP contribution >= 0.6 is 11.3 Å². The number of hydrogen-bond donors (Lipinski definition) is 1. The van der Waals surface area contributed by atoms with E-state index in [9.17, 15) is 14.7 Å². The number of nitrogens with zero attached hydrogens (tertiary/aromatic N) is 2. The Morgan fingerprint density at radius 1 is 1.03 bits per heavy atom. The third-order valence-electron chi connectivity index (χ3n) is 5.11. The molecule has 2 aromatic carbocycles. The highest BCUT2D eigenvalue weighted by molar-refractivity contribution is 7.14. The Kier molecular flexibility index (Phi) is 4.80. The zero-order chi connectivity index (χ0) is 20.7. The number of aliphatic hydroxyl groups excluding tert-OH is 1. The minimum Gasteiger partial charge on any atom is -0.507 e. The summed E-state index contributed by atoms with van der Waals surface area (Å²) in [5.41, 5.74) is 4.24. The van der Waals surface area contributed by atoms with Crippen molar-refractivity contribution < 1.29 is 14.7 Å². The Labute approximate surface area is 173 Å². The van der Waals surface area contributed by atoms with E-state index in [2.05, 4.69) is 4.98 Å². The van der Waals surface area contributed by atoms with Crippen LogP contribution in [0.2, 0.25) is 0 Å². The van der Waals surface area contributed by atoms with Crippen molar-refractivity contribution in [1.82, 2.24) is 4.98 Å². The second-order valence-corrected chi connectivity index (χ2v) is 8.09. The zero-order valence-electron chi connectivity index (χ0n) is 16.3. The number of carbonyl (C=O) groups excluding carboxylic acids is 2. The van der Waals surface area contributed by atoms with Crippen molar-refractivity contribution in [3.63, 3.8) is 0 Å².